The predicted molar refractivity (Wildman–Crippen MR) is 128 cm³/mol. The van der Waals surface area contributed by atoms with Crippen molar-refractivity contribution in [1.29, 1.82) is 0 Å². The molecule has 30 heavy (non-hydrogen) atoms. The maximum atomic E-state index is 15.1. The molecule has 148 valence electrons. The molecule has 0 atom stereocenters. The van der Waals surface area contributed by atoms with Gasteiger partial charge in [-0.1, -0.05) is 90.5 Å². The minimum atomic E-state index is -3.02. The Morgan fingerprint density at radius 1 is 0.700 bits per heavy atom. The monoisotopic (exact) mass is 408 g/mol. The largest absolute Gasteiger partial charge is 0.309 e. The van der Waals surface area contributed by atoms with Crippen molar-refractivity contribution < 1.29 is 4.57 Å². The Bertz CT molecular complexity index is 1260. The molecule has 0 unspecified atom stereocenters. The number of rotatable bonds is 3. The summed E-state index contributed by atoms with van der Waals surface area (Å²) in [6.45, 7) is 6.44. The highest BCUT2D eigenvalue weighted by Gasteiger charge is 2.37. The molecule has 0 saturated heterocycles. The molecular formula is C28H25OP. The van der Waals surface area contributed by atoms with E-state index in [1.807, 2.05) is 60.7 Å². The zero-order chi connectivity index (χ0) is 20.9. The molecule has 0 aromatic heterocycles. The smallest absolute Gasteiger partial charge is 0.171 e. The molecule has 1 nitrogen and oxygen atoms in total. The van der Waals surface area contributed by atoms with E-state index in [0.29, 0.717) is 0 Å². The molecule has 4 aromatic rings. The molecule has 1 aliphatic carbocycles. The molecule has 5 rings (SSSR count). The van der Waals surface area contributed by atoms with Gasteiger partial charge in [-0.15, -0.1) is 0 Å². The van der Waals surface area contributed by atoms with Crippen LogP contribution in [0.25, 0.3) is 11.1 Å². The molecule has 2 heteroatoms. The van der Waals surface area contributed by atoms with Gasteiger partial charge in [0.2, 0.25) is 0 Å². The fourth-order valence-corrected chi connectivity index (χ4v) is 8.13. The number of hydrogen-bond acceptors (Lipinski definition) is 1. The van der Waals surface area contributed by atoms with Gasteiger partial charge >= 0.3 is 0 Å². The fourth-order valence-electron chi connectivity index (χ4n) is 5.00. The van der Waals surface area contributed by atoms with E-state index < -0.39 is 7.14 Å². The van der Waals surface area contributed by atoms with Gasteiger partial charge in [-0.3, -0.25) is 0 Å². The van der Waals surface area contributed by atoms with Crippen molar-refractivity contribution in [2.75, 3.05) is 0 Å². The van der Waals surface area contributed by atoms with E-state index in [9.17, 15) is 0 Å². The topological polar surface area (TPSA) is 17.1 Å². The van der Waals surface area contributed by atoms with Crippen LogP contribution in [0.3, 0.4) is 0 Å². The second-order valence-electron chi connectivity index (χ2n) is 8.33. The van der Waals surface area contributed by atoms with Crippen LogP contribution in [0.5, 0.6) is 0 Å². The van der Waals surface area contributed by atoms with Gasteiger partial charge in [-0.2, -0.15) is 0 Å². The summed E-state index contributed by atoms with van der Waals surface area (Å²) < 4.78 is 15.1. The summed E-state index contributed by atoms with van der Waals surface area (Å²) in [7, 11) is -3.02. The lowest BCUT2D eigenvalue weighted by molar-refractivity contribution is 0.592. The first-order chi connectivity index (χ1) is 14.5. The van der Waals surface area contributed by atoms with E-state index in [2.05, 4.69) is 45.0 Å². The molecule has 4 aromatic carbocycles. The number of fused-ring (bicyclic) bond motifs is 3. The lowest BCUT2D eigenvalue weighted by atomic mass is 9.97. The van der Waals surface area contributed by atoms with Crippen LogP contribution in [0.4, 0.5) is 0 Å². The van der Waals surface area contributed by atoms with Crippen LogP contribution >= 0.6 is 7.14 Å². The Labute approximate surface area is 178 Å². The Kier molecular flexibility index (Phi) is 4.53. The average Bonchev–Trinajstić information content (AvgIpc) is 3.13. The summed E-state index contributed by atoms with van der Waals surface area (Å²) >= 11 is 0. The van der Waals surface area contributed by atoms with E-state index in [1.165, 1.54) is 33.4 Å². The van der Waals surface area contributed by atoms with Gasteiger partial charge in [0.15, 0.2) is 7.14 Å². The molecule has 0 N–H and O–H groups in total. The molecule has 1 aliphatic rings. The number of hydrogen-bond donors (Lipinski definition) is 0. The number of benzene rings is 4. The highest BCUT2D eigenvalue weighted by atomic mass is 31.2. The van der Waals surface area contributed by atoms with E-state index >= 15 is 4.57 Å². The minimum Gasteiger partial charge on any atom is -0.309 e. The van der Waals surface area contributed by atoms with Gasteiger partial charge in [-0.05, 0) is 60.6 Å². The SMILES string of the molecule is Cc1ccc2c(c1)-c1c(C)cc(C)c(P(=O)(c3ccccc3)c3ccccc3)c1C2. The molecule has 0 aliphatic heterocycles. The highest BCUT2D eigenvalue weighted by Crippen LogP contribution is 2.49. The third kappa shape index (κ3) is 2.81. The Balaban J connectivity index is 1.87. The average molecular weight is 408 g/mol. The minimum absolute atomic E-state index is 0.840. The lowest BCUT2D eigenvalue weighted by Crippen LogP contribution is -2.29. The Morgan fingerprint density at radius 2 is 1.30 bits per heavy atom. The molecule has 0 radical (unpaired) electrons. The van der Waals surface area contributed by atoms with E-state index in [0.717, 1.165) is 27.9 Å². The van der Waals surface area contributed by atoms with Crippen LogP contribution in [0.15, 0.2) is 84.9 Å². The molecule has 0 spiro atoms. The molecule has 0 amide bonds. The van der Waals surface area contributed by atoms with Gasteiger partial charge in [0.25, 0.3) is 0 Å². The van der Waals surface area contributed by atoms with Crippen molar-refractivity contribution in [3.05, 3.63) is 113 Å². The summed E-state index contributed by atoms with van der Waals surface area (Å²) in [5, 5.41) is 2.82. The van der Waals surface area contributed by atoms with Crippen molar-refractivity contribution in [3.8, 4) is 11.1 Å². The van der Waals surface area contributed by atoms with Gasteiger partial charge < -0.3 is 4.57 Å². The third-order valence-electron chi connectivity index (χ3n) is 6.24. The zero-order valence-corrected chi connectivity index (χ0v) is 18.5. The molecule has 0 fully saturated rings. The third-order valence-corrected chi connectivity index (χ3v) is 9.55. The maximum absolute atomic E-state index is 15.1. The first kappa shape index (κ1) is 19.1. The van der Waals surface area contributed by atoms with Crippen LogP contribution in [-0.4, -0.2) is 0 Å². The van der Waals surface area contributed by atoms with Crippen LogP contribution < -0.4 is 15.9 Å². The fraction of sp³-hybridized carbons (Fsp3) is 0.143. The second-order valence-corrected chi connectivity index (χ2v) is 11.0. The van der Waals surface area contributed by atoms with Crippen molar-refractivity contribution in [2.45, 2.75) is 27.2 Å². The summed E-state index contributed by atoms with van der Waals surface area (Å²) in [6, 6.07) is 29.0. The van der Waals surface area contributed by atoms with Gasteiger partial charge in [0.05, 0.1) is 0 Å². The van der Waals surface area contributed by atoms with Crippen molar-refractivity contribution in [1.82, 2.24) is 0 Å². The molecular weight excluding hydrogens is 383 g/mol. The molecule has 0 heterocycles. The predicted octanol–water partition coefficient (Wildman–Crippen LogP) is 5.82. The van der Waals surface area contributed by atoms with Crippen molar-refractivity contribution in [2.24, 2.45) is 0 Å². The standard InChI is InChI=1S/C28H25OP/c1-19-14-15-22-18-26-27(25(22)16-19)20(2)17-21(3)28(26)30(29,23-10-6-4-7-11-23)24-12-8-5-9-13-24/h4-17H,18H2,1-3H3. The van der Waals surface area contributed by atoms with Crippen LogP contribution in [0.1, 0.15) is 27.8 Å². The molecule has 0 saturated carbocycles. The van der Waals surface area contributed by atoms with Crippen molar-refractivity contribution >= 4 is 23.1 Å². The van der Waals surface area contributed by atoms with Gasteiger partial charge in [0.1, 0.15) is 0 Å². The summed E-state index contributed by atoms with van der Waals surface area (Å²) in [5.41, 5.74) is 8.80. The molecule has 0 bridgehead atoms. The summed E-state index contributed by atoms with van der Waals surface area (Å²) in [4.78, 5) is 0. The van der Waals surface area contributed by atoms with E-state index in [1.54, 1.807) is 0 Å². The van der Waals surface area contributed by atoms with Crippen LogP contribution in [-0.2, 0) is 11.0 Å². The summed E-state index contributed by atoms with van der Waals surface area (Å²) in [5.74, 6) is 0. The number of aryl methyl sites for hydroxylation is 3. The maximum Gasteiger partial charge on any atom is 0.171 e. The van der Waals surface area contributed by atoms with Crippen LogP contribution in [0.2, 0.25) is 0 Å². The quantitative estimate of drug-likeness (QED) is 0.344. The van der Waals surface area contributed by atoms with Gasteiger partial charge in [0, 0.05) is 15.9 Å². The zero-order valence-electron chi connectivity index (χ0n) is 17.6. The van der Waals surface area contributed by atoms with Crippen LogP contribution in [0, 0.1) is 20.8 Å². The van der Waals surface area contributed by atoms with Crippen molar-refractivity contribution in [3.63, 3.8) is 0 Å². The van der Waals surface area contributed by atoms with E-state index in [-0.39, 0.29) is 0 Å². The Morgan fingerprint density at radius 3 is 1.90 bits per heavy atom. The first-order valence-electron chi connectivity index (χ1n) is 10.4. The lowest BCUT2D eigenvalue weighted by Gasteiger charge is -2.25. The Hall–Kier alpha value is -2.89. The van der Waals surface area contributed by atoms with Gasteiger partial charge in [-0.25, -0.2) is 0 Å². The highest BCUT2D eigenvalue weighted by molar-refractivity contribution is 7.85. The first-order valence-corrected chi connectivity index (χ1v) is 12.2. The normalized spacial score (nSPS) is 12.5. The van der Waals surface area contributed by atoms with E-state index in [4.69, 9.17) is 0 Å². The summed E-state index contributed by atoms with van der Waals surface area (Å²) in [6.07, 6.45) is 0.840. The second kappa shape index (κ2) is 7.11.